The van der Waals surface area contributed by atoms with Crippen molar-refractivity contribution in [1.29, 1.82) is 0 Å². The van der Waals surface area contributed by atoms with Gasteiger partial charge in [0.2, 0.25) is 5.91 Å². The van der Waals surface area contributed by atoms with Crippen LogP contribution in [0.3, 0.4) is 0 Å². The van der Waals surface area contributed by atoms with Gasteiger partial charge in [-0.2, -0.15) is 5.10 Å². The van der Waals surface area contributed by atoms with Gasteiger partial charge in [0.15, 0.2) is 0 Å². The number of aryl methyl sites for hydroxylation is 1. The van der Waals surface area contributed by atoms with Crippen LogP contribution < -0.4 is 0 Å². The summed E-state index contributed by atoms with van der Waals surface area (Å²) in [6, 6.07) is 8.36. The number of fused-ring (bicyclic) bond motifs is 1. The van der Waals surface area contributed by atoms with Crippen LogP contribution in [0.5, 0.6) is 0 Å². The summed E-state index contributed by atoms with van der Waals surface area (Å²) in [5.41, 5.74) is 4.53. The number of pyridine rings is 1. The molecule has 0 saturated heterocycles. The predicted octanol–water partition coefficient (Wildman–Crippen LogP) is 3.55. The first kappa shape index (κ1) is 18.6. The van der Waals surface area contributed by atoms with E-state index in [4.69, 9.17) is 11.6 Å². The van der Waals surface area contributed by atoms with Crippen LogP contribution in [0.25, 0.3) is 0 Å². The number of halogens is 2. The summed E-state index contributed by atoms with van der Waals surface area (Å²) in [6.07, 6.45) is 4.48. The van der Waals surface area contributed by atoms with Crippen molar-refractivity contribution in [3.05, 3.63) is 81.6 Å². The fraction of sp³-hybridized carbons (Fsp3) is 0.286. The van der Waals surface area contributed by atoms with Gasteiger partial charge in [0.05, 0.1) is 30.9 Å². The van der Waals surface area contributed by atoms with Gasteiger partial charge in [0.1, 0.15) is 5.82 Å². The molecule has 0 bridgehead atoms. The standard InChI is InChI=1S/C21H20ClFN4O/c1-14-18-6-9-26(21(28)10-15-4-7-24-8-5-15)13-20(18)27(25-14)12-16-2-3-17(22)11-19(16)23/h2-5,7-8,11H,6,9-10,12-13H2,1H3. The summed E-state index contributed by atoms with van der Waals surface area (Å²) < 4.78 is 16.0. The molecule has 5 nitrogen and oxygen atoms in total. The molecule has 0 aliphatic carbocycles. The Kier molecular flexibility index (Phi) is 5.13. The smallest absolute Gasteiger partial charge is 0.227 e. The van der Waals surface area contributed by atoms with E-state index in [0.29, 0.717) is 36.6 Å². The summed E-state index contributed by atoms with van der Waals surface area (Å²) in [5, 5.41) is 4.97. The molecule has 2 aromatic heterocycles. The number of carbonyl (C=O) groups excluding carboxylic acids is 1. The topological polar surface area (TPSA) is 51.0 Å². The molecule has 7 heteroatoms. The van der Waals surface area contributed by atoms with Gasteiger partial charge < -0.3 is 4.90 Å². The summed E-state index contributed by atoms with van der Waals surface area (Å²) in [7, 11) is 0. The Balaban J connectivity index is 1.55. The lowest BCUT2D eigenvalue weighted by atomic mass is 10.0. The van der Waals surface area contributed by atoms with Gasteiger partial charge in [0.25, 0.3) is 0 Å². The second-order valence-corrected chi connectivity index (χ2v) is 7.44. The zero-order chi connectivity index (χ0) is 19.7. The SMILES string of the molecule is Cc1nn(Cc2ccc(Cl)cc2F)c2c1CCN(C(=O)Cc1ccncc1)C2. The molecule has 3 heterocycles. The maximum Gasteiger partial charge on any atom is 0.227 e. The van der Waals surface area contributed by atoms with Gasteiger partial charge in [-0.25, -0.2) is 4.39 Å². The molecule has 0 radical (unpaired) electrons. The van der Waals surface area contributed by atoms with Crippen LogP contribution in [-0.2, 0) is 30.7 Å². The average Bonchev–Trinajstić information content (AvgIpc) is 3.00. The zero-order valence-corrected chi connectivity index (χ0v) is 16.3. The van der Waals surface area contributed by atoms with Gasteiger partial charge in [-0.3, -0.25) is 14.5 Å². The molecule has 1 aliphatic heterocycles. The lowest BCUT2D eigenvalue weighted by Crippen LogP contribution is -2.37. The third-order valence-electron chi connectivity index (χ3n) is 5.13. The fourth-order valence-corrected chi connectivity index (χ4v) is 3.78. The monoisotopic (exact) mass is 398 g/mol. The lowest BCUT2D eigenvalue weighted by molar-refractivity contribution is -0.131. The van der Waals surface area contributed by atoms with Crippen LogP contribution in [0.1, 0.15) is 28.1 Å². The Bertz CT molecular complexity index is 1020. The lowest BCUT2D eigenvalue weighted by Gasteiger charge is -2.28. The highest BCUT2D eigenvalue weighted by molar-refractivity contribution is 6.30. The minimum Gasteiger partial charge on any atom is -0.336 e. The van der Waals surface area contributed by atoms with E-state index in [1.165, 1.54) is 6.07 Å². The van der Waals surface area contributed by atoms with Crippen LogP contribution in [-0.4, -0.2) is 32.1 Å². The molecule has 1 aliphatic rings. The molecule has 3 aromatic rings. The molecule has 0 unspecified atom stereocenters. The minimum absolute atomic E-state index is 0.0694. The molecule has 1 amide bonds. The Morgan fingerprint density at radius 3 is 2.79 bits per heavy atom. The molecule has 4 rings (SSSR count). The molecule has 28 heavy (non-hydrogen) atoms. The van der Waals surface area contributed by atoms with E-state index in [-0.39, 0.29) is 11.7 Å². The molecule has 1 aromatic carbocycles. The summed E-state index contributed by atoms with van der Waals surface area (Å²) in [6.45, 7) is 3.42. The number of nitrogens with zero attached hydrogens (tertiary/aromatic N) is 4. The van der Waals surface area contributed by atoms with Crippen molar-refractivity contribution < 1.29 is 9.18 Å². The van der Waals surface area contributed by atoms with Crippen LogP contribution in [0, 0.1) is 12.7 Å². The van der Waals surface area contributed by atoms with Crippen molar-refractivity contribution in [2.45, 2.75) is 32.9 Å². The second kappa shape index (κ2) is 7.72. The highest BCUT2D eigenvalue weighted by atomic mass is 35.5. The third-order valence-corrected chi connectivity index (χ3v) is 5.37. The second-order valence-electron chi connectivity index (χ2n) is 7.00. The van der Waals surface area contributed by atoms with E-state index >= 15 is 0 Å². The Labute approximate surface area is 167 Å². The maximum atomic E-state index is 14.2. The molecular weight excluding hydrogens is 379 g/mol. The highest BCUT2D eigenvalue weighted by Gasteiger charge is 2.26. The van der Waals surface area contributed by atoms with E-state index < -0.39 is 0 Å². The first-order valence-corrected chi connectivity index (χ1v) is 9.55. The number of amides is 1. The maximum absolute atomic E-state index is 14.2. The number of hydrogen-bond donors (Lipinski definition) is 0. The van der Waals surface area contributed by atoms with Gasteiger partial charge in [0, 0.05) is 29.5 Å². The molecule has 0 spiro atoms. The van der Waals surface area contributed by atoms with Gasteiger partial charge >= 0.3 is 0 Å². The van der Waals surface area contributed by atoms with Crippen LogP contribution in [0.2, 0.25) is 5.02 Å². The number of carbonyl (C=O) groups is 1. The first-order chi connectivity index (χ1) is 13.5. The Morgan fingerprint density at radius 2 is 2.04 bits per heavy atom. The predicted molar refractivity (Wildman–Crippen MR) is 105 cm³/mol. The quantitative estimate of drug-likeness (QED) is 0.675. The Morgan fingerprint density at radius 1 is 1.25 bits per heavy atom. The van der Waals surface area contributed by atoms with Crippen molar-refractivity contribution in [3.8, 4) is 0 Å². The van der Waals surface area contributed by atoms with Crippen LogP contribution >= 0.6 is 11.6 Å². The molecule has 0 saturated carbocycles. The summed E-state index contributed by atoms with van der Waals surface area (Å²) >= 11 is 5.85. The third kappa shape index (κ3) is 3.78. The van der Waals surface area contributed by atoms with Gasteiger partial charge in [-0.15, -0.1) is 0 Å². The summed E-state index contributed by atoms with van der Waals surface area (Å²) in [4.78, 5) is 18.6. The van der Waals surface area contributed by atoms with E-state index in [1.807, 2.05) is 28.6 Å². The largest absolute Gasteiger partial charge is 0.336 e. The highest BCUT2D eigenvalue weighted by Crippen LogP contribution is 2.24. The normalized spacial score (nSPS) is 13.5. The first-order valence-electron chi connectivity index (χ1n) is 9.17. The van der Waals surface area contributed by atoms with Crippen molar-refractivity contribution in [1.82, 2.24) is 19.7 Å². The van der Waals surface area contributed by atoms with E-state index in [9.17, 15) is 9.18 Å². The fourth-order valence-electron chi connectivity index (χ4n) is 3.62. The van der Waals surface area contributed by atoms with Crippen molar-refractivity contribution >= 4 is 17.5 Å². The van der Waals surface area contributed by atoms with Gasteiger partial charge in [-0.05, 0) is 48.7 Å². The molecular formula is C21H20ClFN4O. The molecule has 0 fully saturated rings. The van der Waals surface area contributed by atoms with Crippen molar-refractivity contribution in [2.24, 2.45) is 0 Å². The van der Waals surface area contributed by atoms with E-state index in [1.54, 1.807) is 24.5 Å². The number of aromatic nitrogens is 3. The van der Waals surface area contributed by atoms with Gasteiger partial charge in [-0.1, -0.05) is 17.7 Å². The van der Waals surface area contributed by atoms with Crippen molar-refractivity contribution in [3.63, 3.8) is 0 Å². The van der Waals surface area contributed by atoms with E-state index in [0.717, 1.165) is 28.9 Å². The molecule has 144 valence electrons. The van der Waals surface area contributed by atoms with E-state index in [2.05, 4.69) is 10.1 Å². The number of hydrogen-bond acceptors (Lipinski definition) is 3. The minimum atomic E-state index is -0.351. The molecule has 0 N–H and O–H groups in total. The molecule has 0 atom stereocenters. The number of benzene rings is 1. The average molecular weight is 399 g/mol. The zero-order valence-electron chi connectivity index (χ0n) is 15.5. The van der Waals surface area contributed by atoms with Crippen molar-refractivity contribution in [2.75, 3.05) is 6.54 Å². The Hall–Kier alpha value is -2.73. The van der Waals surface area contributed by atoms with Crippen LogP contribution in [0.15, 0.2) is 42.7 Å². The summed E-state index contributed by atoms with van der Waals surface area (Å²) in [5.74, 6) is -0.282. The van der Waals surface area contributed by atoms with Crippen LogP contribution in [0.4, 0.5) is 4.39 Å². The number of rotatable bonds is 4.